The molecule has 0 saturated heterocycles. The highest BCUT2D eigenvalue weighted by atomic mass is 35.5. The number of aliphatic hydroxyl groups is 1. The van der Waals surface area contributed by atoms with Crippen molar-refractivity contribution in [3.63, 3.8) is 0 Å². The van der Waals surface area contributed by atoms with E-state index in [9.17, 15) is 9.50 Å². The normalized spacial score (nSPS) is 12.8. The third-order valence-corrected chi connectivity index (χ3v) is 3.83. The van der Waals surface area contributed by atoms with Crippen LogP contribution in [0.25, 0.3) is 11.0 Å². The predicted molar refractivity (Wildman–Crippen MR) is 81.0 cm³/mol. The molecule has 0 aliphatic rings. The average Bonchev–Trinajstić information content (AvgIpc) is 2.89. The molecule has 0 saturated carbocycles. The Hall–Kier alpha value is -1.84. The molecule has 3 aromatic rings. The van der Waals surface area contributed by atoms with Crippen molar-refractivity contribution in [3.05, 3.63) is 70.2 Å². The SMILES string of the molecule is Cc1cccc2cc(C(O)Cc3cccc(Cl)c3F)oc12. The lowest BCUT2D eigenvalue weighted by molar-refractivity contribution is 0.151. The Morgan fingerprint density at radius 3 is 2.76 bits per heavy atom. The van der Waals surface area contributed by atoms with Gasteiger partial charge in [-0.15, -0.1) is 0 Å². The first-order chi connectivity index (χ1) is 10.1. The van der Waals surface area contributed by atoms with E-state index >= 15 is 0 Å². The molecule has 0 amide bonds. The Morgan fingerprint density at radius 1 is 1.24 bits per heavy atom. The summed E-state index contributed by atoms with van der Waals surface area (Å²) in [4.78, 5) is 0. The number of furan rings is 1. The highest BCUT2D eigenvalue weighted by Gasteiger charge is 2.17. The summed E-state index contributed by atoms with van der Waals surface area (Å²) in [6.45, 7) is 1.94. The van der Waals surface area contributed by atoms with Crippen LogP contribution in [0.5, 0.6) is 0 Å². The van der Waals surface area contributed by atoms with Crippen molar-refractivity contribution in [1.82, 2.24) is 0 Å². The molecule has 1 heterocycles. The molecule has 0 bridgehead atoms. The van der Waals surface area contributed by atoms with E-state index in [1.54, 1.807) is 18.2 Å². The molecule has 3 rings (SSSR count). The molecule has 0 radical (unpaired) electrons. The molecule has 0 spiro atoms. The maximum Gasteiger partial charge on any atom is 0.145 e. The maximum atomic E-state index is 13.9. The number of hydrogen-bond acceptors (Lipinski definition) is 2. The first-order valence-corrected chi connectivity index (χ1v) is 7.04. The Bertz CT molecular complexity index is 795. The van der Waals surface area contributed by atoms with E-state index in [1.807, 2.05) is 25.1 Å². The van der Waals surface area contributed by atoms with Crippen LogP contribution < -0.4 is 0 Å². The quantitative estimate of drug-likeness (QED) is 0.753. The third kappa shape index (κ3) is 2.67. The van der Waals surface area contributed by atoms with Gasteiger partial charge in [0.1, 0.15) is 23.3 Å². The van der Waals surface area contributed by atoms with E-state index in [4.69, 9.17) is 16.0 Å². The molecule has 1 atom stereocenters. The molecular formula is C17H14ClFO2. The molecule has 21 heavy (non-hydrogen) atoms. The summed E-state index contributed by atoms with van der Waals surface area (Å²) in [5.74, 6) is -0.0656. The highest BCUT2D eigenvalue weighted by molar-refractivity contribution is 6.30. The van der Waals surface area contributed by atoms with E-state index < -0.39 is 11.9 Å². The van der Waals surface area contributed by atoms with Crippen LogP contribution in [0.3, 0.4) is 0 Å². The second kappa shape index (κ2) is 5.51. The van der Waals surface area contributed by atoms with E-state index in [0.29, 0.717) is 11.3 Å². The first-order valence-electron chi connectivity index (χ1n) is 6.66. The molecule has 1 aromatic heterocycles. The fourth-order valence-corrected chi connectivity index (χ4v) is 2.60. The predicted octanol–water partition coefficient (Wildman–Crippen LogP) is 4.81. The summed E-state index contributed by atoms with van der Waals surface area (Å²) in [6.07, 6.45) is -0.796. The summed E-state index contributed by atoms with van der Waals surface area (Å²) in [5.41, 5.74) is 2.12. The number of rotatable bonds is 3. The Labute approximate surface area is 126 Å². The Balaban J connectivity index is 1.92. The van der Waals surface area contributed by atoms with E-state index in [-0.39, 0.29) is 11.4 Å². The van der Waals surface area contributed by atoms with Crippen LogP contribution in [0.1, 0.15) is 23.0 Å². The van der Waals surface area contributed by atoms with Crippen LogP contribution in [-0.4, -0.2) is 5.11 Å². The van der Waals surface area contributed by atoms with Crippen molar-refractivity contribution >= 4 is 22.6 Å². The minimum atomic E-state index is -0.912. The summed E-state index contributed by atoms with van der Waals surface area (Å²) >= 11 is 5.75. The molecule has 0 aliphatic carbocycles. The molecule has 108 valence electrons. The standard InChI is InChI=1S/C17H14ClFO2/c1-10-4-2-6-12-9-15(21-17(10)12)14(20)8-11-5-3-7-13(18)16(11)19/h2-7,9,14,20H,8H2,1H3. The molecule has 2 nitrogen and oxygen atoms in total. The van der Waals surface area contributed by atoms with Crippen LogP contribution in [0.2, 0.25) is 5.02 Å². The lowest BCUT2D eigenvalue weighted by Gasteiger charge is -2.09. The van der Waals surface area contributed by atoms with Crippen molar-refractivity contribution in [2.24, 2.45) is 0 Å². The molecule has 1 N–H and O–H groups in total. The van der Waals surface area contributed by atoms with Gasteiger partial charge in [-0.25, -0.2) is 4.39 Å². The topological polar surface area (TPSA) is 33.4 Å². The molecule has 0 aliphatic heterocycles. The van der Waals surface area contributed by atoms with Gasteiger partial charge < -0.3 is 9.52 Å². The second-order valence-electron chi connectivity index (χ2n) is 5.07. The van der Waals surface area contributed by atoms with Crippen molar-refractivity contribution < 1.29 is 13.9 Å². The van der Waals surface area contributed by atoms with Crippen molar-refractivity contribution in [3.8, 4) is 0 Å². The van der Waals surface area contributed by atoms with Gasteiger partial charge >= 0.3 is 0 Å². The van der Waals surface area contributed by atoms with Gasteiger partial charge in [-0.3, -0.25) is 0 Å². The van der Waals surface area contributed by atoms with E-state index in [2.05, 4.69) is 0 Å². The number of benzene rings is 2. The number of aliphatic hydroxyl groups excluding tert-OH is 1. The Morgan fingerprint density at radius 2 is 2.00 bits per heavy atom. The smallest absolute Gasteiger partial charge is 0.145 e. The van der Waals surface area contributed by atoms with Gasteiger partial charge in [0, 0.05) is 11.8 Å². The number of para-hydroxylation sites is 1. The summed E-state index contributed by atoms with van der Waals surface area (Å²) < 4.78 is 19.6. The van der Waals surface area contributed by atoms with Crippen molar-refractivity contribution in [2.75, 3.05) is 0 Å². The summed E-state index contributed by atoms with van der Waals surface area (Å²) in [7, 11) is 0. The van der Waals surface area contributed by atoms with Crippen LogP contribution in [-0.2, 0) is 6.42 Å². The maximum absolute atomic E-state index is 13.9. The minimum Gasteiger partial charge on any atom is -0.458 e. The number of hydrogen-bond donors (Lipinski definition) is 1. The number of aryl methyl sites for hydroxylation is 1. The van der Waals surface area contributed by atoms with Crippen LogP contribution >= 0.6 is 11.6 Å². The van der Waals surface area contributed by atoms with Gasteiger partial charge in [0.05, 0.1) is 5.02 Å². The van der Waals surface area contributed by atoms with Crippen LogP contribution in [0.4, 0.5) is 4.39 Å². The molecule has 2 aromatic carbocycles. The minimum absolute atomic E-state index is 0.0557. The number of halogens is 2. The molecule has 4 heteroatoms. The van der Waals surface area contributed by atoms with Gasteiger partial charge in [0.25, 0.3) is 0 Å². The fraction of sp³-hybridized carbons (Fsp3) is 0.176. The Kier molecular flexibility index (Phi) is 3.70. The monoisotopic (exact) mass is 304 g/mol. The zero-order valence-corrected chi connectivity index (χ0v) is 12.2. The van der Waals surface area contributed by atoms with E-state index in [0.717, 1.165) is 16.5 Å². The van der Waals surface area contributed by atoms with Gasteiger partial charge in [0.2, 0.25) is 0 Å². The second-order valence-corrected chi connectivity index (χ2v) is 5.48. The zero-order chi connectivity index (χ0) is 15.0. The molecule has 1 unspecified atom stereocenters. The molecular weight excluding hydrogens is 291 g/mol. The van der Waals surface area contributed by atoms with Gasteiger partial charge in [-0.05, 0) is 30.2 Å². The van der Waals surface area contributed by atoms with Crippen LogP contribution in [0, 0.1) is 12.7 Å². The lowest BCUT2D eigenvalue weighted by Crippen LogP contribution is -2.02. The van der Waals surface area contributed by atoms with Gasteiger partial charge in [-0.1, -0.05) is 41.9 Å². The number of fused-ring (bicyclic) bond motifs is 1. The first kappa shape index (κ1) is 14.1. The largest absolute Gasteiger partial charge is 0.458 e. The van der Waals surface area contributed by atoms with Crippen LogP contribution in [0.15, 0.2) is 46.9 Å². The van der Waals surface area contributed by atoms with Gasteiger partial charge in [0.15, 0.2) is 0 Å². The van der Waals surface area contributed by atoms with Gasteiger partial charge in [-0.2, -0.15) is 0 Å². The summed E-state index contributed by atoms with van der Waals surface area (Å²) in [5, 5.41) is 11.3. The third-order valence-electron chi connectivity index (χ3n) is 3.53. The summed E-state index contributed by atoms with van der Waals surface area (Å²) in [6, 6.07) is 12.3. The fourth-order valence-electron chi connectivity index (χ4n) is 2.41. The van der Waals surface area contributed by atoms with Crippen molar-refractivity contribution in [2.45, 2.75) is 19.4 Å². The lowest BCUT2D eigenvalue weighted by atomic mass is 10.1. The van der Waals surface area contributed by atoms with Crippen molar-refractivity contribution in [1.29, 1.82) is 0 Å². The highest BCUT2D eigenvalue weighted by Crippen LogP contribution is 2.29. The van der Waals surface area contributed by atoms with E-state index in [1.165, 1.54) is 6.07 Å². The average molecular weight is 305 g/mol. The molecule has 0 fully saturated rings. The zero-order valence-electron chi connectivity index (χ0n) is 11.4.